The van der Waals surface area contributed by atoms with E-state index < -0.39 is 0 Å². The maximum Gasteiger partial charge on any atom is 0.251 e. The van der Waals surface area contributed by atoms with Crippen LogP contribution in [0.4, 0.5) is 5.69 Å². The summed E-state index contributed by atoms with van der Waals surface area (Å²) in [5.74, 6) is 0.0220. The molecule has 19 heavy (non-hydrogen) atoms. The number of fused-ring (bicyclic) bond motifs is 1. The molecule has 1 aliphatic rings. The smallest absolute Gasteiger partial charge is 0.251 e. The number of nitrogens with zero attached hydrogens (tertiary/aromatic N) is 3. The number of hydrogen-bond acceptors (Lipinski definition) is 2. The van der Waals surface area contributed by atoms with Gasteiger partial charge in [0.05, 0.1) is 6.20 Å². The number of hydrogen-bond donors (Lipinski definition) is 0. The first-order valence-corrected chi connectivity index (χ1v) is 6.30. The van der Waals surface area contributed by atoms with Gasteiger partial charge in [-0.25, -0.2) is 0 Å². The van der Waals surface area contributed by atoms with Crippen LogP contribution in [0.3, 0.4) is 0 Å². The summed E-state index contributed by atoms with van der Waals surface area (Å²) in [6.45, 7) is 0.759. The van der Waals surface area contributed by atoms with E-state index in [0.717, 1.165) is 24.2 Å². The van der Waals surface area contributed by atoms with Crippen molar-refractivity contribution in [3.63, 3.8) is 0 Å². The molecular formula is C15H15N3O. The average molecular weight is 253 g/mol. The van der Waals surface area contributed by atoms with Crippen LogP contribution < -0.4 is 4.90 Å². The highest BCUT2D eigenvalue weighted by atomic mass is 16.2. The molecule has 0 bridgehead atoms. The molecule has 0 N–H and O–H groups in total. The molecule has 1 amide bonds. The van der Waals surface area contributed by atoms with Gasteiger partial charge >= 0.3 is 0 Å². The lowest BCUT2D eigenvalue weighted by Crippen LogP contribution is -2.26. The fourth-order valence-corrected chi connectivity index (χ4v) is 2.35. The highest BCUT2D eigenvalue weighted by Gasteiger charge is 2.22. The molecule has 0 aliphatic carbocycles. The van der Waals surface area contributed by atoms with Crippen molar-refractivity contribution in [1.82, 2.24) is 9.78 Å². The fraction of sp³-hybridized carbons (Fsp3) is 0.200. The van der Waals surface area contributed by atoms with Crippen molar-refractivity contribution < 1.29 is 4.79 Å². The lowest BCUT2D eigenvalue weighted by atomic mass is 10.2. The van der Waals surface area contributed by atoms with Crippen molar-refractivity contribution in [2.45, 2.75) is 6.42 Å². The van der Waals surface area contributed by atoms with Crippen LogP contribution in [0, 0.1) is 0 Å². The van der Waals surface area contributed by atoms with E-state index in [0.29, 0.717) is 0 Å². The van der Waals surface area contributed by atoms with Gasteiger partial charge in [0.25, 0.3) is 5.91 Å². The predicted molar refractivity (Wildman–Crippen MR) is 74.7 cm³/mol. The van der Waals surface area contributed by atoms with E-state index in [9.17, 15) is 4.79 Å². The van der Waals surface area contributed by atoms with Crippen molar-refractivity contribution in [3.05, 3.63) is 53.9 Å². The number of amides is 1. The first-order chi connectivity index (χ1) is 9.24. The summed E-state index contributed by atoms with van der Waals surface area (Å²) < 4.78 is 1.72. The van der Waals surface area contributed by atoms with Crippen molar-refractivity contribution in [1.29, 1.82) is 0 Å². The molecule has 0 atom stereocenters. The van der Waals surface area contributed by atoms with E-state index in [1.165, 1.54) is 5.56 Å². The molecule has 96 valence electrons. The third-order valence-corrected chi connectivity index (χ3v) is 3.30. The zero-order valence-corrected chi connectivity index (χ0v) is 10.8. The Labute approximate surface area is 112 Å². The second-order valence-corrected chi connectivity index (χ2v) is 4.65. The molecule has 0 fully saturated rings. The maximum atomic E-state index is 12.2. The molecule has 0 unspecified atom stereocenters. The molecule has 3 rings (SSSR count). The molecule has 0 spiro atoms. The van der Waals surface area contributed by atoms with Crippen LogP contribution in [-0.2, 0) is 18.3 Å². The minimum absolute atomic E-state index is 0.0220. The highest BCUT2D eigenvalue weighted by molar-refractivity contribution is 6.05. The van der Waals surface area contributed by atoms with Crippen molar-refractivity contribution >= 4 is 17.7 Å². The Morgan fingerprint density at radius 1 is 1.37 bits per heavy atom. The number of aromatic nitrogens is 2. The lowest BCUT2D eigenvalue weighted by Gasteiger charge is -2.14. The molecule has 2 heterocycles. The van der Waals surface area contributed by atoms with E-state index >= 15 is 0 Å². The zero-order valence-electron chi connectivity index (χ0n) is 10.8. The molecule has 1 aromatic carbocycles. The summed E-state index contributed by atoms with van der Waals surface area (Å²) in [4.78, 5) is 14.0. The Kier molecular flexibility index (Phi) is 2.91. The fourth-order valence-electron chi connectivity index (χ4n) is 2.35. The number of rotatable bonds is 2. The van der Waals surface area contributed by atoms with E-state index in [1.807, 2.05) is 36.3 Å². The number of benzene rings is 1. The van der Waals surface area contributed by atoms with Gasteiger partial charge in [0, 0.05) is 37.1 Å². The van der Waals surface area contributed by atoms with Crippen LogP contribution in [0.2, 0.25) is 0 Å². The predicted octanol–water partition coefficient (Wildman–Crippen LogP) is 2.02. The van der Waals surface area contributed by atoms with E-state index in [1.54, 1.807) is 23.0 Å². The number of aryl methyl sites for hydroxylation is 1. The Morgan fingerprint density at radius 3 is 3.00 bits per heavy atom. The topological polar surface area (TPSA) is 38.1 Å². The third kappa shape index (κ3) is 2.29. The van der Waals surface area contributed by atoms with E-state index in [4.69, 9.17) is 0 Å². The summed E-state index contributed by atoms with van der Waals surface area (Å²) in [5, 5.41) is 4.07. The Hall–Kier alpha value is -2.36. The molecule has 2 aromatic rings. The number of para-hydroxylation sites is 1. The van der Waals surface area contributed by atoms with Gasteiger partial charge in [0.2, 0.25) is 0 Å². The van der Waals surface area contributed by atoms with Crippen LogP contribution in [0.1, 0.15) is 11.1 Å². The minimum atomic E-state index is 0.0220. The second-order valence-electron chi connectivity index (χ2n) is 4.65. The molecule has 0 radical (unpaired) electrons. The van der Waals surface area contributed by atoms with Gasteiger partial charge in [-0.2, -0.15) is 5.10 Å². The summed E-state index contributed by atoms with van der Waals surface area (Å²) in [6.07, 6.45) is 7.96. The average Bonchev–Trinajstić information content (AvgIpc) is 3.02. The molecular weight excluding hydrogens is 238 g/mol. The van der Waals surface area contributed by atoms with Gasteiger partial charge < -0.3 is 4.90 Å². The van der Waals surface area contributed by atoms with Gasteiger partial charge in [-0.1, -0.05) is 18.2 Å². The van der Waals surface area contributed by atoms with Gasteiger partial charge in [-0.05, 0) is 24.1 Å². The quantitative estimate of drug-likeness (QED) is 0.768. The number of carbonyl (C=O) groups excluding carboxylic acids is 1. The summed E-state index contributed by atoms with van der Waals surface area (Å²) in [5.41, 5.74) is 3.21. The summed E-state index contributed by atoms with van der Waals surface area (Å²) in [7, 11) is 1.86. The van der Waals surface area contributed by atoms with Crippen LogP contribution in [0.25, 0.3) is 6.08 Å². The summed E-state index contributed by atoms with van der Waals surface area (Å²) >= 11 is 0. The second kappa shape index (κ2) is 4.72. The molecule has 1 aromatic heterocycles. The van der Waals surface area contributed by atoms with Crippen LogP contribution in [0.5, 0.6) is 0 Å². The Balaban J connectivity index is 1.77. The van der Waals surface area contributed by atoms with Crippen LogP contribution in [-0.4, -0.2) is 22.2 Å². The number of anilines is 1. The third-order valence-electron chi connectivity index (χ3n) is 3.30. The molecule has 0 saturated carbocycles. The molecule has 0 saturated heterocycles. The van der Waals surface area contributed by atoms with E-state index in [-0.39, 0.29) is 5.91 Å². The summed E-state index contributed by atoms with van der Waals surface area (Å²) in [6, 6.07) is 8.05. The van der Waals surface area contributed by atoms with Gasteiger partial charge in [0.15, 0.2) is 0 Å². The van der Waals surface area contributed by atoms with Gasteiger partial charge in [-0.3, -0.25) is 9.48 Å². The number of carbonyl (C=O) groups is 1. The van der Waals surface area contributed by atoms with Crippen molar-refractivity contribution in [2.75, 3.05) is 11.4 Å². The monoisotopic (exact) mass is 253 g/mol. The van der Waals surface area contributed by atoms with Gasteiger partial charge in [-0.15, -0.1) is 0 Å². The lowest BCUT2D eigenvalue weighted by molar-refractivity contribution is -0.114. The van der Waals surface area contributed by atoms with Crippen molar-refractivity contribution in [2.24, 2.45) is 7.05 Å². The normalized spacial score (nSPS) is 14.1. The first kappa shape index (κ1) is 11.7. The molecule has 4 nitrogen and oxygen atoms in total. The molecule has 1 aliphatic heterocycles. The SMILES string of the molecule is Cn1cc(/C=C/C(=O)N2CCc3ccccc32)cn1. The Bertz CT molecular complexity index is 642. The van der Waals surface area contributed by atoms with Gasteiger partial charge in [0.1, 0.15) is 0 Å². The van der Waals surface area contributed by atoms with Crippen LogP contribution >= 0.6 is 0 Å². The first-order valence-electron chi connectivity index (χ1n) is 6.30. The Morgan fingerprint density at radius 2 is 2.21 bits per heavy atom. The largest absolute Gasteiger partial charge is 0.308 e. The molecule has 4 heteroatoms. The highest BCUT2D eigenvalue weighted by Crippen LogP contribution is 2.27. The van der Waals surface area contributed by atoms with Crippen LogP contribution in [0.15, 0.2) is 42.7 Å². The standard InChI is InChI=1S/C15H15N3O/c1-17-11-12(10-16-17)6-7-15(19)18-9-8-13-4-2-3-5-14(13)18/h2-7,10-11H,8-9H2,1H3/b7-6+. The van der Waals surface area contributed by atoms with E-state index in [2.05, 4.69) is 11.2 Å². The minimum Gasteiger partial charge on any atom is -0.308 e. The maximum absolute atomic E-state index is 12.2. The van der Waals surface area contributed by atoms with Crippen molar-refractivity contribution in [3.8, 4) is 0 Å². The zero-order chi connectivity index (χ0) is 13.2.